The minimum Gasteiger partial charge on any atom is -0.481 e. The molecular formula is C13H16N2O4. The van der Waals surface area contributed by atoms with Crippen LogP contribution in [0, 0.1) is 0 Å². The highest BCUT2D eigenvalue weighted by Gasteiger charge is 2.11. The summed E-state index contributed by atoms with van der Waals surface area (Å²) in [5.74, 6) is -1.23. The van der Waals surface area contributed by atoms with Crippen LogP contribution in [0.15, 0.2) is 27.4 Å². The number of aryl methyl sites for hydroxylation is 1. The number of oxazole rings is 1. The Balaban J connectivity index is 2.18. The van der Waals surface area contributed by atoms with Gasteiger partial charge in [-0.25, -0.2) is 4.79 Å². The van der Waals surface area contributed by atoms with Crippen molar-refractivity contribution in [3.8, 4) is 0 Å². The van der Waals surface area contributed by atoms with Crippen molar-refractivity contribution >= 4 is 17.1 Å². The molecule has 0 aliphatic carbocycles. The fourth-order valence-electron chi connectivity index (χ4n) is 2.01. The van der Waals surface area contributed by atoms with E-state index in [1.807, 2.05) is 6.07 Å². The summed E-state index contributed by atoms with van der Waals surface area (Å²) in [5, 5.41) is 8.59. The van der Waals surface area contributed by atoms with E-state index in [9.17, 15) is 9.59 Å². The van der Waals surface area contributed by atoms with E-state index < -0.39 is 11.7 Å². The Kier molecular flexibility index (Phi) is 3.71. The topological polar surface area (TPSA) is 98.5 Å². The third-order valence-corrected chi connectivity index (χ3v) is 3.15. The van der Waals surface area contributed by atoms with Crippen LogP contribution < -0.4 is 11.5 Å². The minimum absolute atomic E-state index is 0.111. The smallest absolute Gasteiger partial charge is 0.419 e. The quantitative estimate of drug-likeness (QED) is 0.850. The largest absolute Gasteiger partial charge is 0.481 e. The molecule has 19 heavy (non-hydrogen) atoms. The van der Waals surface area contributed by atoms with Crippen molar-refractivity contribution in [2.75, 3.05) is 0 Å². The zero-order valence-electron chi connectivity index (χ0n) is 10.6. The van der Waals surface area contributed by atoms with Gasteiger partial charge in [0.1, 0.15) is 0 Å². The molecule has 3 N–H and O–H groups in total. The highest BCUT2D eigenvalue weighted by Crippen LogP contribution is 2.21. The summed E-state index contributed by atoms with van der Waals surface area (Å²) in [6.45, 7) is 0. The molecule has 1 aromatic heterocycles. The molecule has 0 bridgehead atoms. The van der Waals surface area contributed by atoms with Gasteiger partial charge in [0.25, 0.3) is 0 Å². The summed E-state index contributed by atoms with van der Waals surface area (Å²) < 4.78 is 6.45. The lowest BCUT2D eigenvalue weighted by molar-refractivity contribution is -0.137. The fourth-order valence-corrected chi connectivity index (χ4v) is 2.01. The van der Waals surface area contributed by atoms with Crippen molar-refractivity contribution in [1.29, 1.82) is 0 Å². The first-order chi connectivity index (χ1) is 8.99. The van der Waals surface area contributed by atoms with Gasteiger partial charge in [0.15, 0.2) is 5.58 Å². The number of carbonyl (C=O) groups is 1. The van der Waals surface area contributed by atoms with Gasteiger partial charge in [0.2, 0.25) is 0 Å². The van der Waals surface area contributed by atoms with Crippen molar-refractivity contribution < 1.29 is 14.3 Å². The molecule has 1 heterocycles. The van der Waals surface area contributed by atoms with Crippen LogP contribution >= 0.6 is 0 Å². The predicted octanol–water partition coefficient (Wildman–Crippen LogP) is 1.39. The number of rotatable bonds is 5. The molecule has 0 saturated heterocycles. The van der Waals surface area contributed by atoms with Crippen molar-refractivity contribution in [1.82, 2.24) is 4.57 Å². The van der Waals surface area contributed by atoms with Crippen LogP contribution in [0.4, 0.5) is 0 Å². The number of carboxylic acid groups (broad SMARTS) is 1. The van der Waals surface area contributed by atoms with E-state index in [4.69, 9.17) is 15.3 Å². The summed E-state index contributed by atoms with van der Waals surface area (Å²) in [7, 11) is 1.63. The van der Waals surface area contributed by atoms with E-state index in [-0.39, 0.29) is 12.5 Å². The van der Waals surface area contributed by atoms with Crippen molar-refractivity contribution in [3.63, 3.8) is 0 Å². The highest BCUT2D eigenvalue weighted by molar-refractivity contribution is 5.73. The molecule has 0 aliphatic rings. The van der Waals surface area contributed by atoms with Crippen LogP contribution in [0.3, 0.4) is 0 Å². The number of benzene rings is 1. The monoisotopic (exact) mass is 264 g/mol. The number of hydrogen-bond donors (Lipinski definition) is 2. The molecule has 0 aliphatic heterocycles. The third-order valence-electron chi connectivity index (χ3n) is 3.15. The van der Waals surface area contributed by atoms with Crippen LogP contribution in [0.5, 0.6) is 0 Å². The molecule has 0 radical (unpaired) electrons. The van der Waals surface area contributed by atoms with Gasteiger partial charge in [0, 0.05) is 19.5 Å². The second-order valence-corrected chi connectivity index (χ2v) is 4.55. The van der Waals surface area contributed by atoms with Gasteiger partial charge in [-0.2, -0.15) is 0 Å². The summed E-state index contributed by atoms with van der Waals surface area (Å²) >= 11 is 0. The second kappa shape index (κ2) is 5.27. The number of fused-ring (bicyclic) bond motifs is 1. The van der Waals surface area contributed by atoms with Gasteiger partial charge in [0.05, 0.1) is 5.52 Å². The van der Waals surface area contributed by atoms with E-state index in [2.05, 4.69) is 0 Å². The third kappa shape index (κ3) is 2.85. The summed E-state index contributed by atoms with van der Waals surface area (Å²) in [6.07, 6.45) is 1.22. The first-order valence-electron chi connectivity index (χ1n) is 6.06. The van der Waals surface area contributed by atoms with Gasteiger partial charge in [-0.05, 0) is 30.5 Å². The van der Waals surface area contributed by atoms with Crippen LogP contribution in [0.1, 0.15) is 30.9 Å². The molecule has 6 heteroatoms. The predicted molar refractivity (Wildman–Crippen MR) is 69.9 cm³/mol. The average molecular weight is 264 g/mol. The average Bonchev–Trinajstić information content (AvgIpc) is 2.64. The minimum atomic E-state index is -0.820. The molecule has 1 unspecified atom stereocenters. The number of hydrogen-bond acceptors (Lipinski definition) is 4. The SMILES string of the molecule is Cn1c(=O)oc2ccc(C(N)CCCC(=O)O)cc21. The number of aliphatic carboxylic acids is 1. The number of nitrogens with two attached hydrogens (primary N) is 1. The maximum absolute atomic E-state index is 11.4. The van der Waals surface area contributed by atoms with E-state index in [1.165, 1.54) is 4.57 Å². The number of aromatic nitrogens is 1. The molecule has 0 spiro atoms. The molecular weight excluding hydrogens is 248 g/mol. The standard InChI is InChI=1S/C13H16N2O4/c1-15-10-7-8(5-6-11(10)19-13(15)18)9(14)3-2-4-12(16)17/h5-7,9H,2-4,14H2,1H3,(H,16,17). The molecule has 2 rings (SSSR count). The van der Waals surface area contributed by atoms with Crippen molar-refractivity contribution in [2.24, 2.45) is 12.8 Å². The van der Waals surface area contributed by atoms with E-state index in [1.54, 1.807) is 19.2 Å². The zero-order valence-corrected chi connectivity index (χ0v) is 10.6. The molecule has 6 nitrogen and oxygen atoms in total. The Labute approximate surface area is 109 Å². The molecule has 0 amide bonds. The van der Waals surface area contributed by atoms with Crippen LogP contribution in [-0.2, 0) is 11.8 Å². The number of carboxylic acids is 1. The Bertz CT molecular complexity index is 656. The van der Waals surface area contributed by atoms with Gasteiger partial charge < -0.3 is 15.3 Å². The lowest BCUT2D eigenvalue weighted by atomic mass is 10.0. The summed E-state index contributed by atoms with van der Waals surface area (Å²) in [4.78, 5) is 21.8. The molecule has 2 aromatic rings. The normalized spacial score (nSPS) is 12.7. The Morgan fingerprint density at radius 2 is 2.26 bits per heavy atom. The molecule has 0 saturated carbocycles. The van der Waals surface area contributed by atoms with Gasteiger partial charge >= 0.3 is 11.7 Å². The van der Waals surface area contributed by atoms with E-state index in [0.717, 1.165) is 5.56 Å². The van der Waals surface area contributed by atoms with Crippen LogP contribution in [0.25, 0.3) is 11.1 Å². The maximum Gasteiger partial charge on any atom is 0.419 e. The first-order valence-corrected chi connectivity index (χ1v) is 6.06. The molecule has 0 fully saturated rings. The van der Waals surface area contributed by atoms with E-state index >= 15 is 0 Å². The van der Waals surface area contributed by atoms with Crippen molar-refractivity contribution in [3.05, 3.63) is 34.3 Å². The van der Waals surface area contributed by atoms with E-state index in [0.29, 0.717) is 23.9 Å². The Morgan fingerprint density at radius 1 is 1.53 bits per heavy atom. The lowest BCUT2D eigenvalue weighted by Gasteiger charge is -2.11. The van der Waals surface area contributed by atoms with Crippen LogP contribution in [-0.4, -0.2) is 15.6 Å². The van der Waals surface area contributed by atoms with Gasteiger partial charge in [-0.15, -0.1) is 0 Å². The second-order valence-electron chi connectivity index (χ2n) is 4.55. The summed E-state index contributed by atoms with van der Waals surface area (Å²) in [6, 6.07) is 5.08. The van der Waals surface area contributed by atoms with Crippen molar-refractivity contribution in [2.45, 2.75) is 25.3 Å². The Hall–Kier alpha value is -2.08. The number of nitrogens with zero attached hydrogens (tertiary/aromatic N) is 1. The van der Waals surface area contributed by atoms with Gasteiger partial charge in [-0.1, -0.05) is 6.07 Å². The molecule has 1 aromatic carbocycles. The lowest BCUT2D eigenvalue weighted by Crippen LogP contribution is -2.12. The summed E-state index contributed by atoms with van der Waals surface area (Å²) in [5.41, 5.74) is 8.10. The molecule has 1 atom stereocenters. The fraction of sp³-hybridized carbons (Fsp3) is 0.385. The maximum atomic E-state index is 11.4. The zero-order chi connectivity index (χ0) is 14.0. The Morgan fingerprint density at radius 3 is 2.95 bits per heavy atom. The highest BCUT2D eigenvalue weighted by atomic mass is 16.4. The molecule has 102 valence electrons. The first kappa shape index (κ1) is 13.4. The van der Waals surface area contributed by atoms with Gasteiger partial charge in [-0.3, -0.25) is 9.36 Å². The van der Waals surface area contributed by atoms with Crippen LogP contribution in [0.2, 0.25) is 0 Å².